The third kappa shape index (κ3) is 3.76. The Balaban J connectivity index is 1.63. The van der Waals surface area contributed by atoms with E-state index in [1.807, 2.05) is 6.07 Å². The first-order valence-electron chi connectivity index (χ1n) is 8.02. The van der Waals surface area contributed by atoms with Crippen LogP contribution in [-0.2, 0) is 6.42 Å². The van der Waals surface area contributed by atoms with Crippen molar-refractivity contribution in [3.05, 3.63) is 63.9 Å². The van der Waals surface area contributed by atoms with Crippen LogP contribution in [0.3, 0.4) is 0 Å². The van der Waals surface area contributed by atoms with Crippen molar-refractivity contribution in [1.29, 1.82) is 0 Å². The third-order valence-electron chi connectivity index (χ3n) is 3.97. The van der Waals surface area contributed by atoms with Gasteiger partial charge >= 0.3 is 0 Å². The number of ketones is 1. The zero-order valence-corrected chi connectivity index (χ0v) is 14.9. The minimum absolute atomic E-state index is 0.00164. The van der Waals surface area contributed by atoms with Gasteiger partial charge in [-0.1, -0.05) is 17.5 Å². The van der Waals surface area contributed by atoms with Crippen LogP contribution in [0.2, 0.25) is 5.02 Å². The zero-order chi connectivity index (χ0) is 18.7. The second kappa shape index (κ2) is 7.42. The molecular formula is C20H16ClN3O2. The number of H-pyrrole nitrogens is 1. The number of hydrogen-bond acceptors (Lipinski definition) is 3. The number of carbonyl (C=O) groups excluding carboxylic acids is 2. The number of amides is 1. The SMILES string of the molecule is C#Cc1ccc(C(=O)NCCc2nc3cc(C(C)=O)ccc3[nH]2)cc1Cl. The minimum atomic E-state index is -0.231. The van der Waals surface area contributed by atoms with Crippen LogP contribution < -0.4 is 5.32 Å². The lowest BCUT2D eigenvalue weighted by Gasteiger charge is -2.05. The molecule has 1 amide bonds. The number of carbonyl (C=O) groups is 2. The highest BCUT2D eigenvalue weighted by Crippen LogP contribution is 2.17. The monoisotopic (exact) mass is 365 g/mol. The van der Waals surface area contributed by atoms with E-state index in [-0.39, 0.29) is 11.7 Å². The Morgan fingerprint density at radius 2 is 2.00 bits per heavy atom. The first-order chi connectivity index (χ1) is 12.5. The maximum absolute atomic E-state index is 12.2. The molecule has 0 aliphatic heterocycles. The van der Waals surface area contributed by atoms with Gasteiger partial charge < -0.3 is 10.3 Å². The number of benzene rings is 2. The van der Waals surface area contributed by atoms with Crippen molar-refractivity contribution in [3.8, 4) is 12.3 Å². The van der Waals surface area contributed by atoms with E-state index in [0.29, 0.717) is 34.7 Å². The van der Waals surface area contributed by atoms with Gasteiger partial charge in [0.25, 0.3) is 5.91 Å². The largest absolute Gasteiger partial charge is 0.352 e. The van der Waals surface area contributed by atoms with Crippen LogP contribution in [0, 0.1) is 12.3 Å². The number of halogens is 1. The van der Waals surface area contributed by atoms with Crippen molar-refractivity contribution in [3.63, 3.8) is 0 Å². The lowest BCUT2D eigenvalue weighted by atomic mass is 10.1. The first-order valence-corrected chi connectivity index (χ1v) is 8.39. The van der Waals surface area contributed by atoms with E-state index >= 15 is 0 Å². The lowest BCUT2D eigenvalue weighted by Crippen LogP contribution is -2.25. The van der Waals surface area contributed by atoms with Crippen LogP contribution in [0.15, 0.2) is 36.4 Å². The maximum atomic E-state index is 12.2. The van der Waals surface area contributed by atoms with E-state index < -0.39 is 0 Å². The quantitative estimate of drug-likeness (QED) is 0.537. The Kier molecular flexibility index (Phi) is 5.06. The molecule has 1 heterocycles. The van der Waals surface area contributed by atoms with Gasteiger partial charge in [0.2, 0.25) is 0 Å². The molecule has 1 aromatic heterocycles. The van der Waals surface area contributed by atoms with Gasteiger partial charge in [-0.25, -0.2) is 4.98 Å². The maximum Gasteiger partial charge on any atom is 0.251 e. The average molecular weight is 366 g/mol. The molecule has 0 saturated carbocycles. The predicted octanol–water partition coefficient (Wildman–Crippen LogP) is 3.37. The summed E-state index contributed by atoms with van der Waals surface area (Å²) >= 11 is 6.02. The number of Topliss-reactive ketones (excluding diaryl/α,β-unsaturated/α-hetero) is 1. The molecule has 3 aromatic rings. The fraction of sp³-hybridized carbons (Fsp3) is 0.150. The summed E-state index contributed by atoms with van der Waals surface area (Å²) in [5.74, 6) is 2.96. The summed E-state index contributed by atoms with van der Waals surface area (Å²) in [6.07, 6.45) is 5.85. The molecule has 0 aliphatic carbocycles. The molecule has 0 saturated heterocycles. The first kappa shape index (κ1) is 17.7. The van der Waals surface area contributed by atoms with Crippen LogP contribution in [0.1, 0.15) is 39.0 Å². The molecule has 3 rings (SSSR count). The molecule has 26 heavy (non-hydrogen) atoms. The minimum Gasteiger partial charge on any atom is -0.352 e. The average Bonchev–Trinajstić information content (AvgIpc) is 3.03. The number of imidazole rings is 1. The summed E-state index contributed by atoms with van der Waals surface area (Å²) in [4.78, 5) is 31.3. The van der Waals surface area contributed by atoms with Gasteiger partial charge in [0.1, 0.15) is 5.82 Å². The van der Waals surface area contributed by atoms with E-state index in [1.54, 1.807) is 30.3 Å². The van der Waals surface area contributed by atoms with Gasteiger partial charge in [-0.05, 0) is 43.3 Å². The highest BCUT2D eigenvalue weighted by atomic mass is 35.5. The van der Waals surface area contributed by atoms with Crippen molar-refractivity contribution in [2.45, 2.75) is 13.3 Å². The standard InChI is InChI=1S/C20H16ClN3O2/c1-3-13-4-5-15(10-16(13)21)20(26)22-9-8-19-23-17-7-6-14(12(2)25)11-18(17)24-19/h1,4-7,10-11H,8-9H2,2H3,(H,22,26)(H,23,24). The number of nitrogens with one attached hydrogen (secondary N) is 2. The summed E-state index contributed by atoms with van der Waals surface area (Å²) < 4.78 is 0. The van der Waals surface area contributed by atoms with Crippen molar-refractivity contribution in [1.82, 2.24) is 15.3 Å². The number of hydrogen-bond donors (Lipinski definition) is 2. The molecule has 2 N–H and O–H groups in total. The summed E-state index contributed by atoms with van der Waals surface area (Å²) in [5.41, 5.74) is 3.21. The van der Waals surface area contributed by atoms with Gasteiger partial charge in [-0.15, -0.1) is 6.42 Å². The molecule has 2 aromatic carbocycles. The Morgan fingerprint density at radius 1 is 1.23 bits per heavy atom. The van der Waals surface area contributed by atoms with Gasteiger partial charge in [-0.2, -0.15) is 0 Å². The second-order valence-electron chi connectivity index (χ2n) is 5.82. The Labute approximate surface area is 155 Å². The molecule has 0 radical (unpaired) electrons. The molecule has 0 fully saturated rings. The van der Waals surface area contributed by atoms with Crippen molar-refractivity contribution < 1.29 is 9.59 Å². The summed E-state index contributed by atoms with van der Waals surface area (Å²) in [6.45, 7) is 1.93. The Morgan fingerprint density at radius 3 is 2.69 bits per heavy atom. The van der Waals surface area contributed by atoms with Crippen molar-refractivity contribution in [2.75, 3.05) is 6.54 Å². The van der Waals surface area contributed by atoms with Crippen molar-refractivity contribution in [2.24, 2.45) is 0 Å². The van der Waals surface area contributed by atoms with Gasteiger partial charge in [0.15, 0.2) is 5.78 Å². The van der Waals surface area contributed by atoms with Gasteiger partial charge in [0.05, 0.1) is 16.1 Å². The van der Waals surface area contributed by atoms with Crippen molar-refractivity contribution >= 4 is 34.3 Å². The summed E-state index contributed by atoms with van der Waals surface area (Å²) in [5, 5.41) is 3.20. The van der Waals surface area contributed by atoms with Crippen LogP contribution in [0.5, 0.6) is 0 Å². The summed E-state index contributed by atoms with van der Waals surface area (Å²) in [7, 11) is 0. The van der Waals surface area contributed by atoms with E-state index in [0.717, 1.165) is 16.9 Å². The highest BCUT2D eigenvalue weighted by Gasteiger charge is 2.09. The normalized spacial score (nSPS) is 10.5. The molecule has 0 spiro atoms. The van der Waals surface area contributed by atoms with Crippen LogP contribution in [-0.4, -0.2) is 28.2 Å². The molecular weight excluding hydrogens is 350 g/mol. The molecule has 0 bridgehead atoms. The Bertz CT molecular complexity index is 1050. The molecule has 6 heteroatoms. The van der Waals surface area contributed by atoms with E-state index in [2.05, 4.69) is 21.2 Å². The molecule has 5 nitrogen and oxygen atoms in total. The number of aromatic nitrogens is 2. The molecule has 0 atom stereocenters. The van der Waals surface area contributed by atoms with Crippen LogP contribution in [0.4, 0.5) is 0 Å². The highest BCUT2D eigenvalue weighted by molar-refractivity contribution is 6.32. The fourth-order valence-corrected chi connectivity index (χ4v) is 2.80. The third-order valence-corrected chi connectivity index (χ3v) is 4.29. The number of nitrogens with zero attached hydrogens (tertiary/aromatic N) is 1. The molecule has 0 unspecified atom stereocenters. The number of terminal acetylenes is 1. The van der Waals surface area contributed by atoms with Crippen LogP contribution >= 0.6 is 11.6 Å². The number of aromatic amines is 1. The van der Waals surface area contributed by atoms with Crippen LogP contribution in [0.25, 0.3) is 11.0 Å². The lowest BCUT2D eigenvalue weighted by molar-refractivity contribution is 0.0953. The number of rotatable bonds is 5. The second-order valence-corrected chi connectivity index (χ2v) is 6.22. The van der Waals surface area contributed by atoms with Gasteiger partial charge in [-0.3, -0.25) is 9.59 Å². The Hall–Kier alpha value is -3.10. The predicted molar refractivity (Wildman–Crippen MR) is 102 cm³/mol. The van der Waals surface area contributed by atoms with E-state index in [1.165, 1.54) is 6.92 Å². The summed E-state index contributed by atoms with van der Waals surface area (Å²) in [6, 6.07) is 10.2. The number of fused-ring (bicyclic) bond motifs is 1. The van der Waals surface area contributed by atoms with E-state index in [9.17, 15) is 9.59 Å². The topological polar surface area (TPSA) is 74.8 Å². The smallest absolute Gasteiger partial charge is 0.251 e. The fourth-order valence-electron chi connectivity index (χ4n) is 2.57. The molecule has 130 valence electrons. The van der Waals surface area contributed by atoms with E-state index in [4.69, 9.17) is 18.0 Å². The molecule has 0 aliphatic rings. The van der Waals surface area contributed by atoms with Gasteiger partial charge in [0, 0.05) is 29.7 Å². The zero-order valence-electron chi connectivity index (χ0n) is 14.1.